The molecule has 0 saturated carbocycles. The Balaban J connectivity index is 2.70. The zero-order chi connectivity index (χ0) is 13.8. The second kappa shape index (κ2) is 5.87. The van der Waals surface area contributed by atoms with Crippen LogP contribution in [0.3, 0.4) is 0 Å². The predicted octanol–water partition coefficient (Wildman–Crippen LogP) is 2.00. The first-order valence-corrected chi connectivity index (χ1v) is 6.04. The number of hydrogen-bond donors (Lipinski definition) is 2. The first-order valence-electron chi connectivity index (χ1n) is 6.04. The Kier molecular flexibility index (Phi) is 4.73. The quantitative estimate of drug-likeness (QED) is 0.840. The van der Waals surface area contributed by atoms with Gasteiger partial charge in [-0.25, -0.2) is 0 Å². The summed E-state index contributed by atoms with van der Waals surface area (Å²) in [5.41, 5.74) is 6.29. The van der Waals surface area contributed by atoms with Gasteiger partial charge in [-0.15, -0.1) is 0 Å². The van der Waals surface area contributed by atoms with E-state index in [2.05, 4.69) is 5.32 Å². The van der Waals surface area contributed by atoms with E-state index in [-0.39, 0.29) is 11.9 Å². The predicted molar refractivity (Wildman–Crippen MR) is 72.4 cm³/mol. The summed E-state index contributed by atoms with van der Waals surface area (Å²) in [6, 6.07) is 7.55. The van der Waals surface area contributed by atoms with Crippen molar-refractivity contribution in [2.75, 3.05) is 7.11 Å². The third-order valence-electron chi connectivity index (χ3n) is 2.60. The van der Waals surface area contributed by atoms with Gasteiger partial charge in [0.25, 0.3) is 0 Å². The average molecular weight is 250 g/mol. The average Bonchev–Trinajstić information content (AvgIpc) is 2.26. The Hall–Kier alpha value is -1.55. The Bertz CT molecular complexity index is 411. The van der Waals surface area contributed by atoms with Gasteiger partial charge in [-0.05, 0) is 26.8 Å². The van der Waals surface area contributed by atoms with Crippen molar-refractivity contribution in [3.63, 3.8) is 0 Å². The molecule has 1 aromatic carbocycles. The molecule has 18 heavy (non-hydrogen) atoms. The molecule has 0 heterocycles. The lowest BCUT2D eigenvalue weighted by Gasteiger charge is -2.21. The highest BCUT2D eigenvalue weighted by atomic mass is 16.5. The standard InChI is InChI=1S/C14H22N2O2/c1-10(16-13(17)9-14(2,3)15)11-7-5-6-8-12(11)18-4/h5-8,10H,9,15H2,1-4H3,(H,16,17)/t10-/m1/s1. The summed E-state index contributed by atoms with van der Waals surface area (Å²) in [5.74, 6) is 0.721. The van der Waals surface area contributed by atoms with Crippen molar-refractivity contribution in [2.45, 2.75) is 38.8 Å². The molecule has 1 atom stereocenters. The van der Waals surface area contributed by atoms with Crippen LogP contribution in [0.5, 0.6) is 5.75 Å². The Morgan fingerprint density at radius 3 is 2.61 bits per heavy atom. The van der Waals surface area contributed by atoms with Gasteiger partial charge in [0.2, 0.25) is 5.91 Å². The van der Waals surface area contributed by atoms with Crippen molar-refractivity contribution in [1.82, 2.24) is 5.32 Å². The van der Waals surface area contributed by atoms with E-state index in [9.17, 15) is 4.79 Å². The highest BCUT2D eigenvalue weighted by molar-refractivity contribution is 5.77. The van der Waals surface area contributed by atoms with Crippen LogP contribution in [-0.2, 0) is 4.79 Å². The molecule has 0 unspecified atom stereocenters. The minimum Gasteiger partial charge on any atom is -0.496 e. The van der Waals surface area contributed by atoms with Gasteiger partial charge in [0.1, 0.15) is 5.75 Å². The Morgan fingerprint density at radius 1 is 1.44 bits per heavy atom. The SMILES string of the molecule is COc1ccccc1[C@@H](C)NC(=O)CC(C)(C)N. The van der Waals surface area contributed by atoms with Crippen molar-refractivity contribution in [1.29, 1.82) is 0 Å². The van der Waals surface area contributed by atoms with Gasteiger partial charge in [0.15, 0.2) is 0 Å². The van der Waals surface area contributed by atoms with Crippen molar-refractivity contribution in [3.05, 3.63) is 29.8 Å². The smallest absolute Gasteiger partial charge is 0.222 e. The maximum atomic E-state index is 11.8. The van der Waals surface area contributed by atoms with Crippen LogP contribution in [0.25, 0.3) is 0 Å². The van der Waals surface area contributed by atoms with Gasteiger partial charge in [-0.1, -0.05) is 18.2 Å². The highest BCUT2D eigenvalue weighted by Gasteiger charge is 2.19. The fourth-order valence-corrected chi connectivity index (χ4v) is 1.81. The van der Waals surface area contributed by atoms with Gasteiger partial charge in [-0.3, -0.25) is 4.79 Å². The van der Waals surface area contributed by atoms with E-state index in [1.165, 1.54) is 0 Å². The second-order valence-corrected chi connectivity index (χ2v) is 5.20. The molecular formula is C14H22N2O2. The number of carbonyl (C=O) groups excluding carboxylic acids is 1. The third-order valence-corrected chi connectivity index (χ3v) is 2.60. The molecule has 1 aromatic rings. The highest BCUT2D eigenvalue weighted by Crippen LogP contribution is 2.24. The van der Waals surface area contributed by atoms with Crippen molar-refractivity contribution < 1.29 is 9.53 Å². The van der Waals surface area contributed by atoms with E-state index in [4.69, 9.17) is 10.5 Å². The zero-order valence-electron chi connectivity index (χ0n) is 11.5. The van der Waals surface area contributed by atoms with Gasteiger partial charge in [-0.2, -0.15) is 0 Å². The number of hydrogen-bond acceptors (Lipinski definition) is 3. The normalized spacial score (nSPS) is 12.9. The maximum Gasteiger partial charge on any atom is 0.222 e. The van der Waals surface area contributed by atoms with Crippen molar-refractivity contribution in [3.8, 4) is 5.75 Å². The van der Waals surface area contributed by atoms with E-state index in [0.29, 0.717) is 6.42 Å². The number of methoxy groups -OCH3 is 1. The topological polar surface area (TPSA) is 64.3 Å². The number of nitrogens with two attached hydrogens (primary N) is 1. The fourth-order valence-electron chi connectivity index (χ4n) is 1.81. The summed E-state index contributed by atoms with van der Waals surface area (Å²) < 4.78 is 5.27. The van der Waals surface area contributed by atoms with Gasteiger partial charge >= 0.3 is 0 Å². The largest absolute Gasteiger partial charge is 0.496 e. The molecule has 0 radical (unpaired) electrons. The van der Waals surface area contributed by atoms with Gasteiger partial charge in [0.05, 0.1) is 13.2 Å². The molecule has 0 aliphatic carbocycles. The summed E-state index contributed by atoms with van der Waals surface area (Å²) >= 11 is 0. The number of nitrogens with one attached hydrogen (secondary N) is 1. The zero-order valence-corrected chi connectivity index (χ0v) is 11.5. The van der Waals surface area contributed by atoms with Gasteiger partial charge < -0.3 is 15.8 Å². The molecular weight excluding hydrogens is 228 g/mol. The fraction of sp³-hybridized carbons (Fsp3) is 0.500. The molecule has 0 aromatic heterocycles. The monoisotopic (exact) mass is 250 g/mol. The number of para-hydroxylation sites is 1. The van der Waals surface area contributed by atoms with Crippen LogP contribution in [0.4, 0.5) is 0 Å². The van der Waals surface area contributed by atoms with Crippen LogP contribution in [0.15, 0.2) is 24.3 Å². The molecule has 0 fully saturated rings. The molecule has 0 aliphatic rings. The maximum absolute atomic E-state index is 11.8. The minimum absolute atomic E-state index is 0.0547. The van der Waals surface area contributed by atoms with Crippen LogP contribution >= 0.6 is 0 Å². The van der Waals surface area contributed by atoms with Crippen LogP contribution in [0.1, 0.15) is 38.8 Å². The number of ether oxygens (including phenoxy) is 1. The lowest BCUT2D eigenvalue weighted by molar-refractivity contribution is -0.122. The molecule has 4 nitrogen and oxygen atoms in total. The Morgan fingerprint density at radius 2 is 2.06 bits per heavy atom. The molecule has 100 valence electrons. The van der Waals surface area contributed by atoms with E-state index in [1.54, 1.807) is 7.11 Å². The van der Waals surface area contributed by atoms with E-state index < -0.39 is 5.54 Å². The van der Waals surface area contributed by atoms with Gasteiger partial charge in [0, 0.05) is 17.5 Å². The molecule has 3 N–H and O–H groups in total. The summed E-state index contributed by atoms with van der Waals surface area (Å²) in [7, 11) is 1.62. The Labute approximate surface area is 109 Å². The van der Waals surface area contributed by atoms with Crippen LogP contribution < -0.4 is 15.8 Å². The summed E-state index contributed by atoms with van der Waals surface area (Å²) in [6.07, 6.45) is 0.298. The van der Waals surface area contributed by atoms with Crippen LogP contribution in [-0.4, -0.2) is 18.6 Å². The van der Waals surface area contributed by atoms with E-state index in [0.717, 1.165) is 11.3 Å². The number of rotatable bonds is 5. The summed E-state index contributed by atoms with van der Waals surface area (Å²) in [6.45, 7) is 5.60. The summed E-state index contributed by atoms with van der Waals surface area (Å²) in [4.78, 5) is 11.8. The van der Waals surface area contributed by atoms with Crippen LogP contribution in [0, 0.1) is 0 Å². The lowest BCUT2D eigenvalue weighted by atomic mass is 10.0. The molecule has 0 bridgehead atoms. The van der Waals surface area contributed by atoms with E-state index >= 15 is 0 Å². The van der Waals surface area contributed by atoms with Crippen molar-refractivity contribution in [2.24, 2.45) is 5.73 Å². The van der Waals surface area contributed by atoms with Crippen molar-refractivity contribution >= 4 is 5.91 Å². The van der Waals surface area contributed by atoms with Crippen LogP contribution in [0.2, 0.25) is 0 Å². The number of carbonyl (C=O) groups is 1. The first-order chi connectivity index (χ1) is 8.33. The number of benzene rings is 1. The third kappa shape index (κ3) is 4.37. The molecule has 1 rings (SSSR count). The van der Waals surface area contributed by atoms with E-state index in [1.807, 2.05) is 45.0 Å². The molecule has 1 amide bonds. The minimum atomic E-state index is -0.495. The molecule has 0 saturated heterocycles. The lowest BCUT2D eigenvalue weighted by Crippen LogP contribution is -2.39. The first kappa shape index (κ1) is 14.5. The molecule has 4 heteroatoms. The summed E-state index contributed by atoms with van der Waals surface area (Å²) in [5, 5.41) is 2.93. The second-order valence-electron chi connectivity index (χ2n) is 5.20. The molecule has 0 aliphatic heterocycles. The molecule has 0 spiro atoms. The number of amides is 1.